The first-order valence-corrected chi connectivity index (χ1v) is 10.5. The normalized spacial score (nSPS) is 10.9. The summed E-state index contributed by atoms with van der Waals surface area (Å²) in [7, 11) is 3.23. The quantitative estimate of drug-likeness (QED) is 0.469. The summed E-state index contributed by atoms with van der Waals surface area (Å²) in [5, 5.41) is 6.54. The monoisotopic (exact) mass is 444 g/mol. The minimum Gasteiger partial charge on any atom is -0.457 e. The van der Waals surface area contributed by atoms with Gasteiger partial charge in [-0.1, -0.05) is 6.07 Å². The highest BCUT2D eigenvalue weighted by atomic mass is 16.5. The summed E-state index contributed by atoms with van der Waals surface area (Å²) in [6.45, 7) is 3.97. The molecule has 0 spiro atoms. The Morgan fingerprint density at radius 2 is 1.85 bits per heavy atom. The topological polar surface area (TPSA) is 111 Å². The van der Waals surface area contributed by atoms with Crippen LogP contribution in [-0.2, 0) is 7.05 Å². The van der Waals surface area contributed by atoms with E-state index in [1.807, 2.05) is 32.0 Å². The Bertz CT molecular complexity index is 1400. The van der Waals surface area contributed by atoms with Crippen LogP contribution < -0.4 is 20.9 Å². The van der Waals surface area contributed by atoms with Crippen molar-refractivity contribution < 1.29 is 9.53 Å². The lowest BCUT2D eigenvalue weighted by Gasteiger charge is -2.13. The van der Waals surface area contributed by atoms with Crippen molar-refractivity contribution in [1.82, 2.24) is 24.8 Å². The van der Waals surface area contributed by atoms with E-state index in [9.17, 15) is 9.59 Å². The fourth-order valence-corrected chi connectivity index (χ4v) is 3.29. The van der Waals surface area contributed by atoms with E-state index in [-0.39, 0.29) is 23.2 Å². The van der Waals surface area contributed by atoms with Gasteiger partial charge in [-0.25, -0.2) is 9.97 Å². The predicted octanol–water partition coefficient (Wildman–Crippen LogP) is 3.36. The third kappa shape index (κ3) is 4.67. The minimum atomic E-state index is -0.288. The van der Waals surface area contributed by atoms with Crippen LogP contribution in [-0.4, -0.2) is 38.5 Å². The molecule has 0 saturated carbocycles. The van der Waals surface area contributed by atoms with Crippen LogP contribution in [0.2, 0.25) is 0 Å². The Morgan fingerprint density at radius 1 is 1.06 bits per heavy atom. The van der Waals surface area contributed by atoms with E-state index in [0.29, 0.717) is 34.2 Å². The van der Waals surface area contributed by atoms with Gasteiger partial charge in [0, 0.05) is 44.0 Å². The molecule has 0 unspecified atom stereocenters. The van der Waals surface area contributed by atoms with Gasteiger partial charge in [0.05, 0.1) is 16.8 Å². The fourth-order valence-electron chi connectivity index (χ4n) is 3.29. The zero-order valence-corrected chi connectivity index (χ0v) is 18.8. The summed E-state index contributed by atoms with van der Waals surface area (Å²) in [5.74, 6) is 1.31. The Kier molecular flexibility index (Phi) is 6.03. The molecule has 0 bridgehead atoms. The van der Waals surface area contributed by atoms with Gasteiger partial charge in [-0.15, -0.1) is 0 Å². The Morgan fingerprint density at radius 3 is 2.61 bits per heavy atom. The van der Waals surface area contributed by atoms with Crippen LogP contribution in [0.5, 0.6) is 11.5 Å². The number of carbonyl (C=O) groups excluding carboxylic acids is 1. The van der Waals surface area contributed by atoms with Gasteiger partial charge in [-0.2, -0.15) is 0 Å². The van der Waals surface area contributed by atoms with Crippen molar-refractivity contribution in [2.75, 3.05) is 12.4 Å². The summed E-state index contributed by atoms with van der Waals surface area (Å²) in [5.41, 5.74) is 1.78. The third-order valence-corrected chi connectivity index (χ3v) is 4.95. The number of ether oxygens (including phenoxy) is 1. The van der Waals surface area contributed by atoms with Crippen molar-refractivity contribution in [2.45, 2.75) is 19.9 Å². The molecule has 0 saturated heterocycles. The predicted molar refractivity (Wildman–Crippen MR) is 127 cm³/mol. The number of carbonyl (C=O) groups is 1. The molecule has 0 aliphatic carbocycles. The lowest BCUT2D eigenvalue weighted by atomic mass is 10.1. The standard InChI is InChI=1S/C24H24N6O3/c1-14(2)28-24-27-13-18(23(32)30(24)4)20-7-5-15-11-16(6-8-19(15)29-20)33-17-9-10-26-21(12-17)22(31)25-3/h5-14H,1-4H3,(H,25,31)(H,27,28). The molecule has 0 fully saturated rings. The van der Waals surface area contributed by atoms with Crippen molar-refractivity contribution in [3.05, 3.63) is 70.9 Å². The highest BCUT2D eigenvalue weighted by Crippen LogP contribution is 2.26. The second kappa shape index (κ2) is 9.07. The molecule has 4 aromatic rings. The SMILES string of the molecule is CNC(=O)c1cc(Oc2ccc3nc(-c4cnc(NC(C)C)n(C)c4=O)ccc3c2)ccn1. The van der Waals surface area contributed by atoms with Gasteiger partial charge in [0.1, 0.15) is 17.2 Å². The van der Waals surface area contributed by atoms with Crippen LogP contribution >= 0.6 is 0 Å². The number of pyridine rings is 2. The van der Waals surface area contributed by atoms with Crippen molar-refractivity contribution in [2.24, 2.45) is 7.05 Å². The molecule has 1 aromatic carbocycles. The van der Waals surface area contributed by atoms with E-state index in [1.54, 1.807) is 44.6 Å². The second-order valence-corrected chi connectivity index (χ2v) is 7.77. The Labute approximate surface area is 190 Å². The molecule has 9 heteroatoms. The van der Waals surface area contributed by atoms with Gasteiger partial charge >= 0.3 is 0 Å². The number of benzene rings is 1. The van der Waals surface area contributed by atoms with E-state index >= 15 is 0 Å². The first kappa shape index (κ1) is 21.9. The highest BCUT2D eigenvalue weighted by Gasteiger charge is 2.12. The number of aromatic nitrogens is 4. The molecule has 1 amide bonds. The van der Waals surface area contributed by atoms with E-state index in [4.69, 9.17) is 4.74 Å². The van der Waals surface area contributed by atoms with Crippen LogP contribution in [0, 0.1) is 0 Å². The number of anilines is 1. The Hall–Kier alpha value is -4.27. The summed E-state index contributed by atoms with van der Waals surface area (Å²) >= 11 is 0. The maximum atomic E-state index is 12.9. The number of rotatable bonds is 6. The first-order chi connectivity index (χ1) is 15.9. The number of amides is 1. The molecule has 33 heavy (non-hydrogen) atoms. The van der Waals surface area contributed by atoms with Gasteiger partial charge in [-0.3, -0.25) is 19.1 Å². The fraction of sp³-hybridized carbons (Fsp3) is 0.208. The van der Waals surface area contributed by atoms with Gasteiger partial charge in [0.25, 0.3) is 11.5 Å². The molecule has 4 rings (SSSR count). The average molecular weight is 444 g/mol. The zero-order valence-electron chi connectivity index (χ0n) is 18.8. The van der Waals surface area contributed by atoms with Crippen molar-refractivity contribution in [3.63, 3.8) is 0 Å². The molecule has 0 aliphatic rings. The van der Waals surface area contributed by atoms with Crippen molar-refractivity contribution in [1.29, 1.82) is 0 Å². The lowest BCUT2D eigenvalue weighted by Crippen LogP contribution is -2.25. The van der Waals surface area contributed by atoms with Gasteiger partial charge in [0.2, 0.25) is 5.95 Å². The van der Waals surface area contributed by atoms with E-state index in [0.717, 1.165) is 5.39 Å². The van der Waals surface area contributed by atoms with Crippen molar-refractivity contribution in [3.8, 4) is 22.8 Å². The van der Waals surface area contributed by atoms with Crippen LogP contribution in [0.15, 0.2) is 59.7 Å². The van der Waals surface area contributed by atoms with Crippen LogP contribution in [0.25, 0.3) is 22.2 Å². The first-order valence-electron chi connectivity index (χ1n) is 10.5. The molecule has 0 aliphatic heterocycles. The summed E-state index contributed by atoms with van der Waals surface area (Å²) < 4.78 is 7.38. The highest BCUT2D eigenvalue weighted by molar-refractivity contribution is 5.92. The largest absolute Gasteiger partial charge is 0.457 e. The van der Waals surface area contributed by atoms with Crippen LogP contribution in [0.4, 0.5) is 5.95 Å². The molecule has 0 radical (unpaired) electrons. The van der Waals surface area contributed by atoms with E-state index < -0.39 is 0 Å². The molecule has 3 aromatic heterocycles. The summed E-state index contributed by atoms with van der Waals surface area (Å²) in [6.07, 6.45) is 3.07. The number of hydrogen-bond acceptors (Lipinski definition) is 7. The van der Waals surface area contributed by atoms with Gasteiger partial charge in [0.15, 0.2) is 0 Å². The number of fused-ring (bicyclic) bond motifs is 1. The molecule has 3 heterocycles. The maximum Gasteiger partial charge on any atom is 0.269 e. The molecule has 2 N–H and O–H groups in total. The van der Waals surface area contributed by atoms with E-state index in [2.05, 4.69) is 25.6 Å². The maximum absolute atomic E-state index is 12.9. The van der Waals surface area contributed by atoms with E-state index in [1.165, 1.54) is 10.8 Å². The number of nitrogens with zero attached hydrogens (tertiary/aromatic N) is 4. The summed E-state index contributed by atoms with van der Waals surface area (Å²) in [4.78, 5) is 37.7. The number of nitrogens with one attached hydrogen (secondary N) is 2. The molecular weight excluding hydrogens is 420 g/mol. The smallest absolute Gasteiger partial charge is 0.269 e. The Balaban J connectivity index is 1.62. The molecule has 0 atom stereocenters. The van der Waals surface area contributed by atoms with Gasteiger partial charge < -0.3 is 15.4 Å². The molecule has 168 valence electrons. The minimum absolute atomic E-state index is 0.159. The lowest BCUT2D eigenvalue weighted by molar-refractivity contribution is 0.0958. The second-order valence-electron chi connectivity index (χ2n) is 7.77. The number of hydrogen-bond donors (Lipinski definition) is 2. The third-order valence-electron chi connectivity index (χ3n) is 4.95. The average Bonchev–Trinajstić information content (AvgIpc) is 2.81. The molecular formula is C24H24N6O3. The zero-order chi connectivity index (χ0) is 23.5. The van der Waals surface area contributed by atoms with Crippen LogP contribution in [0.1, 0.15) is 24.3 Å². The van der Waals surface area contributed by atoms with Crippen LogP contribution in [0.3, 0.4) is 0 Å². The molecule has 9 nitrogen and oxygen atoms in total. The van der Waals surface area contributed by atoms with Crippen molar-refractivity contribution >= 4 is 22.8 Å². The van der Waals surface area contributed by atoms with Gasteiger partial charge in [-0.05, 0) is 44.2 Å². The summed E-state index contributed by atoms with van der Waals surface area (Å²) in [6, 6.07) is 12.5.